The topological polar surface area (TPSA) is 67.6 Å². The van der Waals surface area contributed by atoms with E-state index in [0.717, 1.165) is 12.8 Å². The second-order valence-electron chi connectivity index (χ2n) is 5.02. The Morgan fingerprint density at radius 3 is 2.80 bits per heavy atom. The summed E-state index contributed by atoms with van der Waals surface area (Å²) < 4.78 is 28.2. The minimum Gasteiger partial charge on any atom is -0.452 e. The van der Waals surface area contributed by atoms with Crippen LogP contribution in [0.5, 0.6) is 0 Å². The Kier molecular flexibility index (Phi) is 4.75. The van der Waals surface area contributed by atoms with Crippen molar-refractivity contribution in [1.29, 1.82) is 0 Å². The van der Waals surface area contributed by atoms with E-state index in [-0.39, 0.29) is 28.7 Å². The van der Waals surface area contributed by atoms with Crippen molar-refractivity contribution in [3.63, 3.8) is 0 Å². The molecule has 1 aliphatic rings. The fourth-order valence-electron chi connectivity index (χ4n) is 2.40. The third-order valence-electron chi connectivity index (χ3n) is 3.51. The van der Waals surface area contributed by atoms with Crippen molar-refractivity contribution < 1.29 is 17.6 Å². The molecule has 112 valence electrons. The number of amides is 1. The number of sulfone groups is 1. The molecular weight excluding hydrogens is 302 g/mol. The van der Waals surface area contributed by atoms with Crippen LogP contribution in [0.4, 0.5) is 0 Å². The average molecular weight is 320 g/mol. The Morgan fingerprint density at radius 1 is 1.55 bits per heavy atom. The van der Waals surface area contributed by atoms with Gasteiger partial charge in [-0.3, -0.25) is 4.79 Å². The first-order valence-corrected chi connectivity index (χ1v) is 8.89. The molecule has 5 nitrogen and oxygen atoms in total. The van der Waals surface area contributed by atoms with Gasteiger partial charge in [-0.15, -0.1) is 0 Å². The van der Waals surface area contributed by atoms with Gasteiger partial charge in [0.15, 0.2) is 9.84 Å². The van der Waals surface area contributed by atoms with Crippen LogP contribution in [0.1, 0.15) is 36.5 Å². The van der Waals surface area contributed by atoms with Crippen LogP contribution in [0, 0.1) is 0 Å². The highest BCUT2D eigenvalue weighted by molar-refractivity contribution is 7.91. The van der Waals surface area contributed by atoms with Crippen molar-refractivity contribution in [2.24, 2.45) is 0 Å². The van der Waals surface area contributed by atoms with E-state index in [9.17, 15) is 13.2 Å². The van der Waals surface area contributed by atoms with Crippen LogP contribution in [0.15, 0.2) is 16.7 Å². The maximum atomic E-state index is 12.5. The van der Waals surface area contributed by atoms with E-state index >= 15 is 0 Å². The van der Waals surface area contributed by atoms with Crippen molar-refractivity contribution in [2.75, 3.05) is 18.1 Å². The van der Waals surface area contributed by atoms with E-state index in [4.69, 9.17) is 16.0 Å². The number of hydrogen-bond acceptors (Lipinski definition) is 4. The molecule has 1 atom stereocenters. The molecule has 20 heavy (non-hydrogen) atoms. The largest absolute Gasteiger partial charge is 0.452 e. The molecule has 0 aliphatic carbocycles. The molecule has 0 spiro atoms. The van der Waals surface area contributed by atoms with Crippen LogP contribution in [0.25, 0.3) is 0 Å². The molecule has 1 saturated heterocycles. The van der Waals surface area contributed by atoms with E-state index in [0.29, 0.717) is 18.5 Å². The van der Waals surface area contributed by atoms with Crippen LogP contribution in [-0.2, 0) is 9.84 Å². The van der Waals surface area contributed by atoms with Gasteiger partial charge < -0.3 is 9.32 Å². The number of hydrogen-bond donors (Lipinski definition) is 0. The molecule has 0 bridgehead atoms. The molecule has 1 aromatic rings. The monoisotopic (exact) mass is 319 g/mol. The average Bonchev–Trinajstić information content (AvgIpc) is 2.95. The molecule has 1 aromatic heterocycles. The molecule has 7 heteroatoms. The summed E-state index contributed by atoms with van der Waals surface area (Å²) >= 11 is 5.84. The van der Waals surface area contributed by atoms with Gasteiger partial charge in [0, 0.05) is 12.6 Å². The highest BCUT2D eigenvalue weighted by Gasteiger charge is 2.35. The molecule has 1 aliphatic heterocycles. The Hall–Kier alpha value is -1.01. The summed E-state index contributed by atoms with van der Waals surface area (Å²) in [6.45, 7) is 2.57. The molecular formula is C13H18ClNO4S. The minimum atomic E-state index is -3.03. The molecule has 2 heterocycles. The van der Waals surface area contributed by atoms with Crippen LogP contribution >= 0.6 is 11.6 Å². The third-order valence-corrected chi connectivity index (χ3v) is 5.55. The maximum Gasteiger partial charge on any atom is 0.259 e. The second kappa shape index (κ2) is 6.18. The fraction of sp³-hybridized carbons (Fsp3) is 0.615. The summed E-state index contributed by atoms with van der Waals surface area (Å²) in [5.74, 6) is -0.0655. The summed E-state index contributed by atoms with van der Waals surface area (Å²) in [6.07, 6.45) is 3.62. The molecule has 0 saturated carbocycles. The van der Waals surface area contributed by atoms with Gasteiger partial charge in [-0.05, 0) is 30.5 Å². The predicted molar refractivity (Wildman–Crippen MR) is 76.7 cm³/mol. The van der Waals surface area contributed by atoms with Crippen LogP contribution in [0.3, 0.4) is 0 Å². The van der Waals surface area contributed by atoms with Crippen LogP contribution < -0.4 is 0 Å². The SMILES string of the molecule is CCCCN(C(=O)c1ccoc1Cl)C1CCS(=O)(=O)C1. The van der Waals surface area contributed by atoms with Gasteiger partial charge in [0.2, 0.25) is 5.22 Å². The molecule has 0 radical (unpaired) electrons. The number of carbonyl (C=O) groups is 1. The molecule has 1 fully saturated rings. The zero-order chi connectivity index (χ0) is 14.8. The summed E-state index contributed by atoms with van der Waals surface area (Å²) in [6, 6.07) is 1.26. The van der Waals surface area contributed by atoms with E-state index in [1.807, 2.05) is 6.92 Å². The zero-order valence-electron chi connectivity index (χ0n) is 11.3. The van der Waals surface area contributed by atoms with Crippen LogP contribution in [-0.4, -0.2) is 43.3 Å². The first-order valence-electron chi connectivity index (χ1n) is 6.69. The summed E-state index contributed by atoms with van der Waals surface area (Å²) in [5, 5.41) is 0.0531. The van der Waals surface area contributed by atoms with Gasteiger partial charge >= 0.3 is 0 Å². The lowest BCUT2D eigenvalue weighted by atomic mass is 10.1. The van der Waals surface area contributed by atoms with Crippen molar-refractivity contribution >= 4 is 27.3 Å². The van der Waals surface area contributed by atoms with Crippen LogP contribution in [0.2, 0.25) is 5.22 Å². The highest BCUT2D eigenvalue weighted by atomic mass is 35.5. The lowest BCUT2D eigenvalue weighted by Gasteiger charge is -2.28. The van der Waals surface area contributed by atoms with Gasteiger partial charge in [0.05, 0.1) is 23.3 Å². The van der Waals surface area contributed by atoms with E-state index in [2.05, 4.69) is 0 Å². The highest BCUT2D eigenvalue weighted by Crippen LogP contribution is 2.24. The quantitative estimate of drug-likeness (QED) is 0.835. The summed E-state index contributed by atoms with van der Waals surface area (Å²) in [7, 11) is -3.03. The smallest absolute Gasteiger partial charge is 0.259 e. The number of rotatable bonds is 5. The molecule has 1 unspecified atom stereocenters. The number of nitrogens with zero attached hydrogens (tertiary/aromatic N) is 1. The maximum absolute atomic E-state index is 12.5. The summed E-state index contributed by atoms with van der Waals surface area (Å²) in [5.41, 5.74) is 0.298. The van der Waals surface area contributed by atoms with Gasteiger partial charge in [-0.2, -0.15) is 0 Å². The first-order chi connectivity index (χ1) is 9.44. The molecule has 1 amide bonds. The lowest BCUT2D eigenvalue weighted by Crippen LogP contribution is -2.41. The Balaban J connectivity index is 2.20. The fourth-order valence-corrected chi connectivity index (χ4v) is 4.33. The second-order valence-corrected chi connectivity index (χ2v) is 7.59. The standard InChI is InChI=1S/C13H18ClNO4S/c1-2-3-6-15(10-5-8-20(17,18)9-10)13(16)11-4-7-19-12(11)14/h4,7,10H,2-3,5-6,8-9H2,1H3. The normalized spacial score (nSPS) is 21.0. The minimum absolute atomic E-state index is 0.0396. The number of furan rings is 1. The summed E-state index contributed by atoms with van der Waals surface area (Å²) in [4.78, 5) is 14.1. The molecule has 0 N–H and O–H groups in total. The first kappa shape index (κ1) is 15.4. The predicted octanol–water partition coefficient (Wildman–Crippen LogP) is 2.36. The van der Waals surface area contributed by atoms with Crippen molar-refractivity contribution in [3.8, 4) is 0 Å². The number of halogens is 1. The van der Waals surface area contributed by atoms with Crippen molar-refractivity contribution in [1.82, 2.24) is 4.90 Å². The van der Waals surface area contributed by atoms with E-state index in [1.54, 1.807) is 4.90 Å². The van der Waals surface area contributed by atoms with Gasteiger partial charge in [-0.1, -0.05) is 13.3 Å². The van der Waals surface area contributed by atoms with E-state index < -0.39 is 9.84 Å². The van der Waals surface area contributed by atoms with Crippen molar-refractivity contribution in [2.45, 2.75) is 32.2 Å². The lowest BCUT2D eigenvalue weighted by molar-refractivity contribution is 0.0693. The Bertz CT molecular complexity index is 581. The Morgan fingerprint density at radius 2 is 2.30 bits per heavy atom. The van der Waals surface area contributed by atoms with Gasteiger partial charge in [0.25, 0.3) is 5.91 Å². The molecule has 0 aromatic carbocycles. The van der Waals surface area contributed by atoms with Gasteiger partial charge in [-0.25, -0.2) is 8.42 Å². The van der Waals surface area contributed by atoms with E-state index in [1.165, 1.54) is 12.3 Å². The Labute approximate surface area is 123 Å². The van der Waals surface area contributed by atoms with Crippen molar-refractivity contribution in [3.05, 3.63) is 23.1 Å². The van der Waals surface area contributed by atoms with Gasteiger partial charge in [0.1, 0.15) is 0 Å². The molecule has 2 rings (SSSR count). The zero-order valence-corrected chi connectivity index (χ0v) is 12.9. The number of carbonyl (C=O) groups excluding carboxylic acids is 1. The number of unbranched alkanes of at least 4 members (excludes halogenated alkanes) is 1. The third kappa shape index (κ3) is 3.35.